The zero-order valence-corrected chi connectivity index (χ0v) is 12.0. The Morgan fingerprint density at radius 1 is 1.39 bits per heavy atom. The fourth-order valence-electron chi connectivity index (χ4n) is 3.26. The van der Waals surface area contributed by atoms with E-state index in [-0.39, 0.29) is 5.54 Å². The summed E-state index contributed by atoms with van der Waals surface area (Å²) in [5, 5.41) is 0. The van der Waals surface area contributed by atoms with E-state index in [0.717, 1.165) is 13.1 Å². The first-order valence-corrected chi connectivity index (χ1v) is 6.68. The maximum Gasteiger partial charge on any atom is 0.0545 e. The normalized spacial score (nSPS) is 24.3. The summed E-state index contributed by atoms with van der Waals surface area (Å²) in [6.45, 7) is 9.54. The minimum absolute atomic E-state index is 0.116. The lowest BCUT2D eigenvalue weighted by Crippen LogP contribution is -2.65. The van der Waals surface area contributed by atoms with Crippen LogP contribution in [0.2, 0.25) is 0 Å². The molecule has 1 aromatic rings. The number of benzene rings is 1. The second-order valence-corrected chi connectivity index (χ2v) is 6.11. The highest BCUT2D eigenvalue weighted by atomic mass is 15.3. The first kappa shape index (κ1) is 13.4. The zero-order valence-electron chi connectivity index (χ0n) is 12.0. The molecule has 1 saturated heterocycles. The first-order valence-electron chi connectivity index (χ1n) is 6.68. The highest BCUT2D eigenvalue weighted by Crippen LogP contribution is 2.31. The molecule has 0 aromatic heterocycles. The predicted octanol–water partition coefficient (Wildman–Crippen LogP) is 1.85. The quantitative estimate of drug-likeness (QED) is 0.866. The Hall–Kier alpha value is -1.06. The smallest absolute Gasteiger partial charge is 0.0545 e. The van der Waals surface area contributed by atoms with Gasteiger partial charge in [-0.2, -0.15) is 0 Å². The number of anilines is 1. The lowest BCUT2D eigenvalue weighted by molar-refractivity contribution is 0.182. The van der Waals surface area contributed by atoms with E-state index in [1.807, 2.05) is 0 Å². The molecule has 1 aromatic carbocycles. The summed E-state index contributed by atoms with van der Waals surface area (Å²) in [5.74, 6) is 0. The summed E-state index contributed by atoms with van der Waals surface area (Å²) in [6.07, 6.45) is 0. The molecule has 0 aliphatic carbocycles. The maximum absolute atomic E-state index is 5.98. The van der Waals surface area contributed by atoms with E-state index in [0.29, 0.717) is 12.6 Å². The third kappa shape index (κ3) is 2.52. The van der Waals surface area contributed by atoms with Gasteiger partial charge in [-0.1, -0.05) is 12.1 Å². The van der Waals surface area contributed by atoms with Gasteiger partial charge in [-0.15, -0.1) is 0 Å². The molecule has 1 aliphatic rings. The topological polar surface area (TPSA) is 32.5 Å². The lowest BCUT2D eigenvalue weighted by atomic mass is 9.93. The molecule has 1 unspecified atom stereocenters. The number of hydrogen-bond donors (Lipinski definition) is 1. The van der Waals surface area contributed by atoms with Gasteiger partial charge in [0.2, 0.25) is 0 Å². The molecule has 0 radical (unpaired) electrons. The fourth-order valence-corrected chi connectivity index (χ4v) is 3.26. The van der Waals surface area contributed by atoms with Gasteiger partial charge in [0, 0.05) is 30.9 Å². The van der Waals surface area contributed by atoms with Crippen LogP contribution in [0.4, 0.5) is 5.69 Å². The number of aryl methyl sites for hydroxylation is 1. The Labute approximate surface area is 111 Å². The van der Waals surface area contributed by atoms with Gasteiger partial charge < -0.3 is 15.5 Å². The SMILES string of the molecule is Cc1cccc(N2C(CN)CN(C)CC2(C)C)c1. The van der Waals surface area contributed by atoms with Crippen molar-refractivity contribution in [3.8, 4) is 0 Å². The van der Waals surface area contributed by atoms with E-state index < -0.39 is 0 Å². The number of piperazine rings is 1. The van der Waals surface area contributed by atoms with Gasteiger partial charge in [0.25, 0.3) is 0 Å². The Morgan fingerprint density at radius 3 is 2.72 bits per heavy atom. The zero-order chi connectivity index (χ0) is 13.3. The van der Waals surface area contributed by atoms with Gasteiger partial charge in [0.1, 0.15) is 0 Å². The van der Waals surface area contributed by atoms with Crippen molar-refractivity contribution in [3.05, 3.63) is 29.8 Å². The fraction of sp³-hybridized carbons (Fsp3) is 0.600. The van der Waals surface area contributed by atoms with Gasteiger partial charge >= 0.3 is 0 Å². The number of hydrogen-bond acceptors (Lipinski definition) is 3. The Morgan fingerprint density at radius 2 is 2.11 bits per heavy atom. The highest BCUT2D eigenvalue weighted by molar-refractivity contribution is 5.52. The maximum atomic E-state index is 5.98. The van der Waals surface area contributed by atoms with E-state index >= 15 is 0 Å². The van der Waals surface area contributed by atoms with Crippen molar-refractivity contribution in [2.75, 3.05) is 31.6 Å². The van der Waals surface area contributed by atoms with Crippen LogP contribution in [0.3, 0.4) is 0 Å². The van der Waals surface area contributed by atoms with Crippen LogP contribution in [-0.2, 0) is 0 Å². The minimum atomic E-state index is 0.116. The number of rotatable bonds is 2. The van der Waals surface area contributed by atoms with Gasteiger partial charge in [0.05, 0.1) is 6.04 Å². The van der Waals surface area contributed by atoms with Gasteiger partial charge in [0.15, 0.2) is 0 Å². The summed E-state index contributed by atoms with van der Waals surface area (Å²) in [4.78, 5) is 4.88. The Balaban J connectivity index is 2.38. The number of nitrogens with zero attached hydrogens (tertiary/aromatic N) is 2. The number of likely N-dealkylation sites (N-methyl/N-ethyl adjacent to an activating group) is 1. The molecule has 18 heavy (non-hydrogen) atoms. The average molecular weight is 247 g/mol. The van der Waals surface area contributed by atoms with Crippen molar-refractivity contribution in [3.63, 3.8) is 0 Å². The Kier molecular flexibility index (Phi) is 3.64. The van der Waals surface area contributed by atoms with Crippen LogP contribution in [0.25, 0.3) is 0 Å². The lowest BCUT2D eigenvalue weighted by Gasteiger charge is -2.52. The van der Waals surface area contributed by atoms with Crippen molar-refractivity contribution in [1.82, 2.24) is 4.90 Å². The molecule has 3 heteroatoms. The molecule has 1 heterocycles. The molecule has 100 valence electrons. The Bertz CT molecular complexity index is 414. The second kappa shape index (κ2) is 4.90. The molecule has 2 N–H and O–H groups in total. The summed E-state index contributed by atoms with van der Waals surface area (Å²) in [6, 6.07) is 9.12. The molecule has 1 aliphatic heterocycles. The molecule has 0 saturated carbocycles. The molecule has 0 amide bonds. The van der Waals surface area contributed by atoms with E-state index in [1.165, 1.54) is 11.3 Å². The van der Waals surface area contributed by atoms with Crippen LogP contribution >= 0.6 is 0 Å². The van der Waals surface area contributed by atoms with E-state index in [4.69, 9.17) is 5.73 Å². The first-order chi connectivity index (χ1) is 8.44. The summed E-state index contributed by atoms with van der Waals surface area (Å²) >= 11 is 0. The van der Waals surface area contributed by atoms with Crippen molar-refractivity contribution in [2.45, 2.75) is 32.4 Å². The standard InChI is InChI=1S/C15H25N3/c1-12-6-5-7-13(8-12)18-14(9-16)10-17(4)11-15(18,2)3/h5-8,14H,9-11,16H2,1-4H3. The molecular formula is C15H25N3. The van der Waals surface area contributed by atoms with E-state index in [1.54, 1.807) is 0 Å². The molecule has 0 bridgehead atoms. The average Bonchev–Trinajstić information content (AvgIpc) is 2.26. The van der Waals surface area contributed by atoms with E-state index in [2.05, 4.69) is 61.9 Å². The third-order valence-corrected chi connectivity index (χ3v) is 3.75. The van der Waals surface area contributed by atoms with Crippen LogP contribution in [0.1, 0.15) is 19.4 Å². The van der Waals surface area contributed by atoms with Crippen LogP contribution < -0.4 is 10.6 Å². The van der Waals surface area contributed by atoms with Gasteiger partial charge in [-0.25, -0.2) is 0 Å². The molecule has 1 atom stereocenters. The molecule has 3 nitrogen and oxygen atoms in total. The van der Waals surface area contributed by atoms with Crippen LogP contribution in [0, 0.1) is 6.92 Å². The van der Waals surface area contributed by atoms with E-state index in [9.17, 15) is 0 Å². The molecule has 1 fully saturated rings. The summed E-state index contributed by atoms with van der Waals surface area (Å²) in [5.41, 5.74) is 8.70. The molecule has 2 rings (SSSR count). The van der Waals surface area contributed by atoms with Crippen molar-refractivity contribution < 1.29 is 0 Å². The summed E-state index contributed by atoms with van der Waals surface area (Å²) < 4.78 is 0. The summed E-state index contributed by atoms with van der Waals surface area (Å²) in [7, 11) is 2.18. The third-order valence-electron chi connectivity index (χ3n) is 3.75. The van der Waals surface area contributed by atoms with Crippen LogP contribution in [0.15, 0.2) is 24.3 Å². The largest absolute Gasteiger partial charge is 0.360 e. The van der Waals surface area contributed by atoms with Crippen molar-refractivity contribution >= 4 is 5.69 Å². The molecule has 0 spiro atoms. The van der Waals surface area contributed by atoms with Gasteiger partial charge in [-0.3, -0.25) is 0 Å². The van der Waals surface area contributed by atoms with Crippen molar-refractivity contribution in [2.24, 2.45) is 5.73 Å². The monoisotopic (exact) mass is 247 g/mol. The highest BCUT2D eigenvalue weighted by Gasteiger charge is 2.38. The van der Waals surface area contributed by atoms with Gasteiger partial charge in [-0.05, 0) is 45.5 Å². The molecular weight excluding hydrogens is 222 g/mol. The minimum Gasteiger partial charge on any atom is -0.360 e. The van der Waals surface area contributed by atoms with Crippen molar-refractivity contribution in [1.29, 1.82) is 0 Å². The van der Waals surface area contributed by atoms with Crippen LogP contribution in [0.5, 0.6) is 0 Å². The predicted molar refractivity (Wildman–Crippen MR) is 78.1 cm³/mol. The number of nitrogens with two attached hydrogens (primary N) is 1. The second-order valence-electron chi connectivity index (χ2n) is 6.11. The van der Waals surface area contributed by atoms with Crippen LogP contribution in [-0.4, -0.2) is 43.2 Å².